The number of nitrogen functional groups attached to an aromatic ring is 1. The Balaban J connectivity index is 3.17. The molecule has 0 aliphatic carbocycles. The topological polar surface area (TPSA) is 26.0 Å². The molecule has 0 radical (unpaired) electrons. The highest BCUT2D eigenvalue weighted by molar-refractivity contribution is 7.79. The minimum atomic E-state index is -1.13. The summed E-state index contributed by atoms with van der Waals surface area (Å²) in [5.74, 6) is 0. The van der Waals surface area contributed by atoms with Crippen LogP contribution < -0.4 is 11.0 Å². The smallest absolute Gasteiger partial charge is 0.0320 e. The minimum Gasteiger partial charge on any atom is -0.399 e. The van der Waals surface area contributed by atoms with Gasteiger partial charge < -0.3 is 5.73 Å². The van der Waals surface area contributed by atoms with Gasteiger partial charge in [0.05, 0.1) is 0 Å². The van der Waals surface area contributed by atoms with Gasteiger partial charge in [-0.3, -0.25) is 0 Å². The molecule has 0 saturated heterocycles. The summed E-state index contributed by atoms with van der Waals surface area (Å²) in [6.07, 6.45) is 4.14. The second kappa shape index (κ2) is 2.75. The van der Waals surface area contributed by atoms with Crippen LogP contribution in [0.15, 0.2) is 24.3 Å². The van der Waals surface area contributed by atoms with E-state index in [-0.39, 0.29) is 0 Å². The summed E-state index contributed by atoms with van der Waals surface area (Å²) in [5, 5.41) is 1.29. The van der Waals surface area contributed by atoms with Gasteiger partial charge in [0.25, 0.3) is 0 Å². The molecule has 0 unspecified atom stereocenters. The van der Waals surface area contributed by atoms with E-state index >= 15 is 0 Å². The van der Waals surface area contributed by atoms with Crippen molar-refractivity contribution in [3.8, 4) is 0 Å². The first-order valence-corrected chi connectivity index (χ1v) is 6.41. The predicted octanol–water partition coefficient (Wildman–Crippen LogP) is 1.60. The van der Waals surface area contributed by atoms with Gasteiger partial charge in [-0.05, 0) is 30.8 Å². The highest BCUT2D eigenvalue weighted by Gasteiger charge is 2.02. The second-order valence-electron chi connectivity index (χ2n) is 3.28. The van der Waals surface area contributed by atoms with Crippen LogP contribution in [0, 0.1) is 0 Å². The van der Waals surface area contributed by atoms with E-state index in [2.05, 4.69) is 25.7 Å². The van der Waals surface area contributed by atoms with Crippen molar-refractivity contribution in [3.05, 3.63) is 24.3 Å². The standard InChI is InChI=1S/C9H14NP/c1-11(2,3)9-6-4-5-8(10)7-9/h4-7H,1,10H2,2-3H3. The maximum Gasteiger partial charge on any atom is 0.0320 e. The minimum absolute atomic E-state index is 0.833. The Bertz CT molecular complexity index is 298. The molecule has 0 bridgehead atoms. The van der Waals surface area contributed by atoms with Crippen LogP contribution in [-0.4, -0.2) is 19.6 Å². The fourth-order valence-electron chi connectivity index (χ4n) is 0.901. The van der Waals surface area contributed by atoms with Crippen LogP contribution in [-0.2, 0) is 0 Å². The molecular weight excluding hydrogens is 153 g/mol. The summed E-state index contributed by atoms with van der Waals surface area (Å²) < 4.78 is 0. The Kier molecular flexibility index (Phi) is 2.10. The van der Waals surface area contributed by atoms with Gasteiger partial charge in [-0.25, -0.2) is 0 Å². The Morgan fingerprint density at radius 3 is 2.36 bits per heavy atom. The van der Waals surface area contributed by atoms with Crippen LogP contribution in [0.3, 0.4) is 0 Å². The highest BCUT2D eigenvalue weighted by atomic mass is 31.2. The van der Waals surface area contributed by atoms with E-state index in [9.17, 15) is 0 Å². The molecule has 1 nitrogen and oxygen atoms in total. The van der Waals surface area contributed by atoms with Crippen molar-refractivity contribution in [3.63, 3.8) is 0 Å². The molecule has 0 aliphatic rings. The molecule has 60 valence electrons. The summed E-state index contributed by atoms with van der Waals surface area (Å²) in [7, 11) is 0. The zero-order chi connectivity index (χ0) is 8.48. The van der Waals surface area contributed by atoms with E-state index in [1.165, 1.54) is 5.30 Å². The van der Waals surface area contributed by atoms with E-state index in [0.717, 1.165) is 5.69 Å². The molecule has 0 spiro atoms. The maximum atomic E-state index is 5.65. The van der Waals surface area contributed by atoms with E-state index in [1.807, 2.05) is 18.2 Å². The van der Waals surface area contributed by atoms with Crippen molar-refractivity contribution in [1.82, 2.24) is 0 Å². The first-order chi connectivity index (χ1) is 5.00. The van der Waals surface area contributed by atoms with Gasteiger partial charge in [0.1, 0.15) is 0 Å². The summed E-state index contributed by atoms with van der Waals surface area (Å²) in [4.78, 5) is 0. The van der Waals surface area contributed by atoms with Gasteiger partial charge >= 0.3 is 0 Å². The lowest BCUT2D eigenvalue weighted by molar-refractivity contribution is 1.73. The Morgan fingerprint density at radius 2 is 2.00 bits per heavy atom. The first-order valence-electron chi connectivity index (χ1n) is 3.54. The van der Waals surface area contributed by atoms with Gasteiger partial charge in [-0.2, -0.15) is 0 Å². The lowest BCUT2D eigenvalue weighted by Crippen LogP contribution is -2.03. The SMILES string of the molecule is C=P(C)(C)c1cccc(N)c1. The van der Waals surface area contributed by atoms with Crippen molar-refractivity contribution in [2.24, 2.45) is 0 Å². The number of hydrogen-bond donors (Lipinski definition) is 1. The van der Waals surface area contributed by atoms with Crippen LogP contribution in [0.4, 0.5) is 5.69 Å². The molecule has 0 aromatic heterocycles. The molecule has 11 heavy (non-hydrogen) atoms. The van der Waals surface area contributed by atoms with Gasteiger partial charge in [0.2, 0.25) is 0 Å². The molecule has 1 aromatic carbocycles. The van der Waals surface area contributed by atoms with Gasteiger partial charge in [-0.1, -0.05) is 25.3 Å². The largest absolute Gasteiger partial charge is 0.399 e. The number of benzene rings is 1. The van der Waals surface area contributed by atoms with Crippen molar-refractivity contribution >= 4 is 24.2 Å². The lowest BCUT2D eigenvalue weighted by Gasteiger charge is -2.12. The number of hydrogen-bond acceptors (Lipinski definition) is 1. The van der Waals surface area contributed by atoms with Crippen LogP contribution in [0.2, 0.25) is 0 Å². The maximum absolute atomic E-state index is 5.65. The monoisotopic (exact) mass is 167 g/mol. The fourth-order valence-corrected chi connectivity index (χ4v) is 1.89. The zero-order valence-corrected chi connectivity index (χ0v) is 7.94. The normalized spacial score (nSPS) is 11.5. The van der Waals surface area contributed by atoms with Crippen molar-refractivity contribution in [2.75, 3.05) is 19.1 Å². The molecule has 0 saturated carbocycles. The summed E-state index contributed by atoms with van der Waals surface area (Å²) in [6.45, 7) is 3.24. The quantitative estimate of drug-likeness (QED) is 0.499. The van der Waals surface area contributed by atoms with Gasteiger partial charge in [0.15, 0.2) is 0 Å². The third-order valence-corrected chi connectivity index (χ3v) is 3.25. The molecule has 0 atom stereocenters. The lowest BCUT2D eigenvalue weighted by atomic mass is 10.3. The molecule has 2 heteroatoms. The van der Waals surface area contributed by atoms with Crippen molar-refractivity contribution in [1.29, 1.82) is 0 Å². The van der Waals surface area contributed by atoms with Crippen LogP contribution >= 0.6 is 6.89 Å². The Labute approximate surface area is 68.2 Å². The molecular formula is C9H14NP. The average molecular weight is 167 g/mol. The van der Waals surface area contributed by atoms with Gasteiger partial charge in [0, 0.05) is 5.69 Å². The number of anilines is 1. The molecule has 0 heterocycles. The number of rotatable bonds is 1. The van der Waals surface area contributed by atoms with E-state index in [0.29, 0.717) is 0 Å². The summed E-state index contributed by atoms with van der Waals surface area (Å²) in [6, 6.07) is 7.99. The Morgan fingerprint density at radius 1 is 1.36 bits per heavy atom. The van der Waals surface area contributed by atoms with Crippen LogP contribution in [0.25, 0.3) is 0 Å². The van der Waals surface area contributed by atoms with E-state index in [1.54, 1.807) is 0 Å². The fraction of sp³-hybridized carbons (Fsp3) is 0.222. The van der Waals surface area contributed by atoms with Crippen molar-refractivity contribution in [2.45, 2.75) is 0 Å². The second-order valence-corrected chi connectivity index (χ2v) is 7.17. The van der Waals surface area contributed by atoms with E-state index in [4.69, 9.17) is 5.73 Å². The zero-order valence-electron chi connectivity index (χ0n) is 7.04. The summed E-state index contributed by atoms with van der Waals surface area (Å²) >= 11 is 0. The third kappa shape index (κ3) is 2.13. The van der Waals surface area contributed by atoms with Gasteiger partial charge in [-0.15, -0.1) is 0 Å². The predicted molar refractivity (Wildman–Crippen MR) is 56.4 cm³/mol. The van der Waals surface area contributed by atoms with Crippen molar-refractivity contribution < 1.29 is 0 Å². The van der Waals surface area contributed by atoms with E-state index < -0.39 is 6.89 Å². The summed E-state index contributed by atoms with van der Waals surface area (Å²) in [5.41, 5.74) is 6.48. The third-order valence-electron chi connectivity index (χ3n) is 1.57. The molecule has 2 N–H and O–H groups in total. The number of nitrogens with two attached hydrogens (primary N) is 1. The van der Waals surface area contributed by atoms with Crippen LogP contribution in [0.1, 0.15) is 0 Å². The molecule has 1 rings (SSSR count). The molecule has 1 aromatic rings. The average Bonchev–Trinajstić information content (AvgIpc) is 1.86. The molecule has 0 fully saturated rings. The van der Waals surface area contributed by atoms with Crippen LogP contribution in [0.5, 0.6) is 0 Å². The Hall–Kier alpha value is -0.680. The molecule has 0 amide bonds. The molecule has 0 aliphatic heterocycles. The first kappa shape index (κ1) is 8.42. The highest BCUT2D eigenvalue weighted by Crippen LogP contribution is 2.33.